The fourth-order valence-electron chi connectivity index (χ4n) is 2.08. The van der Waals surface area contributed by atoms with Gasteiger partial charge in [0.1, 0.15) is 17.3 Å². The first-order chi connectivity index (χ1) is 10.1. The summed E-state index contributed by atoms with van der Waals surface area (Å²) in [7, 11) is 0. The van der Waals surface area contributed by atoms with Gasteiger partial charge in [0.2, 0.25) is 0 Å². The minimum Gasteiger partial charge on any atom is -0.456 e. The lowest BCUT2D eigenvalue weighted by Gasteiger charge is -2.12. The van der Waals surface area contributed by atoms with Crippen LogP contribution in [0.3, 0.4) is 0 Å². The van der Waals surface area contributed by atoms with E-state index < -0.39 is 0 Å². The Kier molecular flexibility index (Phi) is 3.58. The summed E-state index contributed by atoms with van der Waals surface area (Å²) in [5, 5.41) is 8.58. The van der Waals surface area contributed by atoms with Crippen molar-refractivity contribution in [3.63, 3.8) is 0 Å². The average Bonchev–Trinajstić information content (AvgIpc) is 2.49. The molecule has 0 spiro atoms. The van der Waals surface area contributed by atoms with Gasteiger partial charge in [0, 0.05) is 16.1 Å². The normalized spacial score (nSPS) is 10.5. The highest BCUT2D eigenvalue weighted by molar-refractivity contribution is 9.10. The highest BCUT2D eigenvalue weighted by atomic mass is 79.9. The molecule has 0 saturated heterocycles. The molecule has 1 aromatic heterocycles. The Bertz CT molecular complexity index is 827. The molecule has 0 amide bonds. The predicted molar refractivity (Wildman–Crippen MR) is 87.0 cm³/mol. The molecule has 0 atom stereocenters. The lowest BCUT2D eigenvalue weighted by atomic mass is 10.1. The number of fused-ring (bicyclic) bond motifs is 1. The van der Waals surface area contributed by atoms with E-state index in [1.165, 1.54) is 0 Å². The first-order valence-corrected chi connectivity index (χ1v) is 7.10. The van der Waals surface area contributed by atoms with Crippen molar-refractivity contribution in [3.8, 4) is 11.5 Å². The number of benzene rings is 2. The van der Waals surface area contributed by atoms with E-state index in [0.29, 0.717) is 17.1 Å². The Morgan fingerprint density at radius 3 is 2.76 bits per heavy atom. The highest BCUT2D eigenvalue weighted by Gasteiger charge is 2.10. The molecule has 0 bridgehead atoms. The first kappa shape index (κ1) is 13.6. The van der Waals surface area contributed by atoms with Gasteiger partial charge >= 0.3 is 0 Å². The van der Waals surface area contributed by atoms with Crippen molar-refractivity contribution in [2.45, 2.75) is 0 Å². The van der Waals surface area contributed by atoms with E-state index >= 15 is 0 Å². The summed E-state index contributed by atoms with van der Waals surface area (Å²) in [5.74, 6) is 1.19. The van der Waals surface area contributed by atoms with Gasteiger partial charge in [-0.05, 0) is 42.5 Å². The van der Waals surface area contributed by atoms with E-state index in [-0.39, 0.29) is 5.84 Å². The molecule has 0 radical (unpaired) electrons. The summed E-state index contributed by atoms with van der Waals surface area (Å²) in [6.07, 6.45) is 1.74. The van der Waals surface area contributed by atoms with Gasteiger partial charge in [0.05, 0.1) is 11.1 Å². The number of pyridine rings is 1. The van der Waals surface area contributed by atoms with E-state index in [4.69, 9.17) is 15.9 Å². The number of ether oxygens (including phenoxy) is 1. The van der Waals surface area contributed by atoms with Crippen molar-refractivity contribution < 1.29 is 4.74 Å². The summed E-state index contributed by atoms with van der Waals surface area (Å²) in [6.45, 7) is 0. The van der Waals surface area contributed by atoms with Gasteiger partial charge < -0.3 is 10.5 Å². The third kappa shape index (κ3) is 2.73. The Labute approximate surface area is 130 Å². The summed E-state index contributed by atoms with van der Waals surface area (Å²) < 4.78 is 6.80. The molecule has 3 rings (SSSR count). The van der Waals surface area contributed by atoms with E-state index in [2.05, 4.69) is 20.9 Å². The van der Waals surface area contributed by atoms with Crippen molar-refractivity contribution in [2.75, 3.05) is 0 Å². The topological polar surface area (TPSA) is 72.0 Å². The van der Waals surface area contributed by atoms with Gasteiger partial charge in [-0.25, -0.2) is 0 Å². The Morgan fingerprint density at radius 1 is 1.10 bits per heavy atom. The number of aromatic nitrogens is 1. The lowest BCUT2D eigenvalue weighted by Crippen LogP contribution is -2.12. The summed E-state index contributed by atoms with van der Waals surface area (Å²) >= 11 is 3.37. The zero-order valence-electron chi connectivity index (χ0n) is 11.0. The smallest absolute Gasteiger partial charge is 0.138 e. The lowest BCUT2D eigenvalue weighted by molar-refractivity contribution is 0.487. The monoisotopic (exact) mass is 341 g/mol. The third-order valence-electron chi connectivity index (χ3n) is 3.06. The summed E-state index contributed by atoms with van der Waals surface area (Å²) in [5.41, 5.74) is 7.02. The van der Waals surface area contributed by atoms with Crippen LogP contribution in [0, 0.1) is 5.41 Å². The number of hydrogen-bond acceptors (Lipinski definition) is 3. The van der Waals surface area contributed by atoms with Crippen LogP contribution in [0.5, 0.6) is 11.5 Å². The van der Waals surface area contributed by atoms with Crippen LogP contribution in [0.15, 0.2) is 59.2 Å². The van der Waals surface area contributed by atoms with Crippen LogP contribution in [0.25, 0.3) is 10.9 Å². The maximum absolute atomic E-state index is 7.67. The Hall–Kier alpha value is -2.40. The zero-order chi connectivity index (χ0) is 14.8. The van der Waals surface area contributed by atoms with Gasteiger partial charge in [0.25, 0.3) is 0 Å². The average molecular weight is 342 g/mol. The van der Waals surface area contributed by atoms with Crippen molar-refractivity contribution in [3.05, 3.63) is 64.8 Å². The number of halogens is 1. The molecule has 4 nitrogen and oxygen atoms in total. The molecule has 3 N–H and O–H groups in total. The third-order valence-corrected chi connectivity index (χ3v) is 3.55. The first-order valence-electron chi connectivity index (χ1n) is 6.31. The molecule has 0 fully saturated rings. The summed E-state index contributed by atoms with van der Waals surface area (Å²) in [4.78, 5) is 4.30. The number of nitrogen functional groups attached to an aromatic ring is 1. The van der Waals surface area contributed by atoms with E-state index in [1.807, 2.05) is 36.4 Å². The van der Waals surface area contributed by atoms with Crippen LogP contribution in [-0.4, -0.2) is 10.8 Å². The van der Waals surface area contributed by atoms with E-state index in [1.54, 1.807) is 18.3 Å². The van der Waals surface area contributed by atoms with Crippen molar-refractivity contribution in [1.29, 1.82) is 5.41 Å². The quantitative estimate of drug-likeness (QED) is 0.557. The molecule has 0 aliphatic heterocycles. The molecule has 0 aliphatic rings. The van der Waals surface area contributed by atoms with Crippen LogP contribution in [0.1, 0.15) is 5.56 Å². The molecule has 2 aromatic carbocycles. The molecular weight excluding hydrogens is 330 g/mol. The minimum atomic E-state index is -0.0374. The molecule has 3 aromatic rings. The van der Waals surface area contributed by atoms with E-state index in [0.717, 1.165) is 15.4 Å². The maximum atomic E-state index is 7.67. The van der Waals surface area contributed by atoms with Crippen LogP contribution < -0.4 is 10.5 Å². The van der Waals surface area contributed by atoms with Crippen LogP contribution in [-0.2, 0) is 0 Å². The van der Waals surface area contributed by atoms with Gasteiger partial charge in [-0.3, -0.25) is 10.4 Å². The molecule has 0 unspecified atom stereocenters. The molecule has 0 aliphatic carbocycles. The Balaban J connectivity index is 2.09. The molecular formula is C16H12BrN3O. The Morgan fingerprint density at radius 2 is 1.95 bits per heavy atom. The zero-order valence-corrected chi connectivity index (χ0v) is 12.6. The number of hydrogen-bond donors (Lipinski definition) is 2. The second-order valence-corrected chi connectivity index (χ2v) is 5.40. The molecule has 1 heterocycles. The van der Waals surface area contributed by atoms with Gasteiger partial charge in [-0.2, -0.15) is 0 Å². The number of nitrogens with one attached hydrogen (secondary N) is 1. The molecule has 0 saturated carbocycles. The molecule has 104 valence electrons. The van der Waals surface area contributed by atoms with Crippen LogP contribution in [0.2, 0.25) is 0 Å². The van der Waals surface area contributed by atoms with Crippen molar-refractivity contribution in [2.24, 2.45) is 5.73 Å². The van der Waals surface area contributed by atoms with Gasteiger partial charge in [-0.1, -0.05) is 22.0 Å². The summed E-state index contributed by atoms with van der Waals surface area (Å²) in [6, 6.07) is 14.9. The second-order valence-electron chi connectivity index (χ2n) is 4.48. The van der Waals surface area contributed by atoms with E-state index in [9.17, 15) is 0 Å². The fraction of sp³-hybridized carbons (Fsp3) is 0. The number of nitrogens with two attached hydrogens (primary N) is 1. The fourth-order valence-corrected chi connectivity index (χ4v) is 2.45. The van der Waals surface area contributed by atoms with Crippen LogP contribution in [0.4, 0.5) is 0 Å². The SMILES string of the molecule is N=C(N)c1cc(Br)ccc1Oc1cccc2ncccc12. The van der Waals surface area contributed by atoms with Gasteiger partial charge in [-0.15, -0.1) is 0 Å². The molecule has 5 heteroatoms. The van der Waals surface area contributed by atoms with Crippen LogP contribution >= 0.6 is 15.9 Å². The maximum Gasteiger partial charge on any atom is 0.138 e. The number of rotatable bonds is 3. The predicted octanol–water partition coefficient (Wildman–Crippen LogP) is 4.07. The minimum absolute atomic E-state index is 0.0374. The number of nitrogens with zero attached hydrogens (tertiary/aromatic N) is 1. The van der Waals surface area contributed by atoms with Gasteiger partial charge in [0.15, 0.2) is 0 Å². The second kappa shape index (κ2) is 5.54. The largest absolute Gasteiger partial charge is 0.456 e. The highest BCUT2D eigenvalue weighted by Crippen LogP contribution is 2.32. The molecule has 21 heavy (non-hydrogen) atoms. The van der Waals surface area contributed by atoms with Crippen molar-refractivity contribution in [1.82, 2.24) is 4.98 Å². The van der Waals surface area contributed by atoms with Crippen molar-refractivity contribution >= 4 is 32.7 Å². The standard InChI is InChI=1S/C16H12BrN3O/c17-10-6-7-15(12(9-10)16(18)19)21-14-5-1-4-13-11(14)3-2-8-20-13/h1-9H,(H3,18,19). The number of amidine groups is 1.